The van der Waals surface area contributed by atoms with Gasteiger partial charge in [-0.1, -0.05) is 6.92 Å². The molecule has 2 saturated carbocycles. The average molecular weight is 236 g/mol. The van der Waals surface area contributed by atoms with E-state index in [4.69, 9.17) is 0 Å². The second kappa shape index (κ2) is 4.00. The molecular formula is C13H20N2O2. The maximum Gasteiger partial charge on any atom is 0.243 e. The van der Waals surface area contributed by atoms with Gasteiger partial charge >= 0.3 is 0 Å². The van der Waals surface area contributed by atoms with Crippen LogP contribution in [0.5, 0.6) is 0 Å². The summed E-state index contributed by atoms with van der Waals surface area (Å²) in [5.41, 5.74) is 0. The number of hydrogen-bond donors (Lipinski definition) is 1. The van der Waals surface area contributed by atoms with Crippen LogP contribution in [0.1, 0.15) is 39.0 Å². The van der Waals surface area contributed by atoms with Crippen LogP contribution in [0.15, 0.2) is 0 Å². The minimum atomic E-state index is -0.220. The average Bonchev–Trinajstić information content (AvgIpc) is 3.15. The summed E-state index contributed by atoms with van der Waals surface area (Å²) in [5.74, 6) is 1.51. The Morgan fingerprint density at radius 2 is 1.82 bits per heavy atom. The monoisotopic (exact) mass is 236 g/mol. The summed E-state index contributed by atoms with van der Waals surface area (Å²) in [5, 5.41) is 2.71. The van der Waals surface area contributed by atoms with Gasteiger partial charge < -0.3 is 10.2 Å². The highest BCUT2D eigenvalue weighted by molar-refractivity contribution is 5.95. The Morgan fingerprint density at radius 3 is 2.29 bits per heavy atom. The Bertz CT molecular complexity index is 335. The number of amides is 2. The SMILES string of the molecule is CCC1C(=O)NCC(=O)N1C(C1CC1)C1CC1. The molecule has 0 aromatic heterocycles. The first kappa shape index (κ1) is 11.1. The first-order chi connectivity index (χ1) is 8.22. The van der Waals surface area contributed by atoms with Crippen molar-refractivity contribution in [2.45, 2.75) is 51.1 Å². The lowest BCUT2D eigenvalue weighted by Gasteiger charge is -2.40. The van der Waals surface area contributed by atoms with E-state index in [-0.39, 0.29) is 24.4 Å². The van der Waals surface area contributed by atoms with Crippen molar-refractivity contribution < 1.29 is 9.59 Å². The summed E-state index contributed by atoms with van der Waals surface area (Å²) in [7, 11) is 0. The molecule has 1 N–H and O–H groups in total. The molecule has 4 heteroatoms. The molecule has 3 aliphatic rings. The molecule has 0 spiro atoms. The molecule has 4 nitrogen and oxygen atoms in total. The second-order valence-electron chi connectivity index (χ2n) is 5.61. The predicted octanol–water partition coefficient (Wildman–Crippen LogP) is 0.912. The molecule has 0 aromatic carbocycles. The van der Waals surface area contributed by atoms with Crippen LogP contribution in [0.3, 0.4) is 0 Å². The highest BCUT2D eigenvalue weighted by atomic mass is 16.2. The lowest BCUT2D eigenvalue weighted by molar-refractivity contribution is -0.149. The van der Waals surface area contributed by atoms with E-state index in [0.717, 1.165) is 6.42 Å². The van der Waals surface area contributed by atoms with Crippen molar-refractivity contribution in [2.75, 3.05) is 6.54 Å². The number of nitrogens with zero attached hydrogens (tertiary/aromatic N) is 1. The smallest absolute Gasteiger partial charge is 0.243 e. The molecule has 1 unspecified atom stereocenters. The third kappa shape index (κ3) is 1.94. The van der Waals surface area contributed by atoms with E-state index in [1.807, 2.05) is 11.8 Å². The lowest BCUT2D eigenvalue weighted by atomic mass is 9.99. The van der Waals surface area contributed by atoms with Crippen molar-refractivity contribution in [3.8, 4) is 0 Å². The number of carbonyl (C=O) groups is 2. The molecule has 3 rings (SSSR count). The maximum atomic E-state index is 12.1. The van der Waals surface area contributed by atoms with E-state index in [0.29, 0.717) is 17.9 Å². The molecular weight excluding hydrogens is 216 g/mol. The van der Waals surface area contributed by atoms with Gasteiger partial charge in [-0.3, -0.25) is 9.59 Å². The van der Waals surface area contributed by atoms with Crippen LogP contribution in [0.4, 0.5) is 0 Å². The van der Waals surface area contributed by atoms with Crippen LogP contribution in [0, 0.1) is 11.8 Å². The molecule has 2 aliphatic carbocycles. The van der Waals surface area contributed by atoms with E-state index >= 15 is 0 Å². The Kier molecular flexibility index (Phi) is 2.60. The van der Waals surface area contributed by atoms with Crippen LogP contribution in [0.25, 0.3) is 0 Å². The van der Waals surface area contributed by atoms with Crippen molar-refractivity contribution in [3.63, 3.8) is 0 Å². The quantitative estimate of drug-likeness (QED) is 0.789. The number of nitrogens with one attached hydrogen (secondary N) is 1. The fourth-order valence-corrected chi connectivity index (χ4v) is 3.14. The molecule has 2 amide bonds. The molecule has 1 atom stereocenters. The van der Waals surface area contributed by atoms with Gasteiger partial charge in [-0.15, -0.1) is 0 Å². The standard InChI is InChI=1S/C13H20N2O2/c1-2-10-13(17)14-7-11(16)15(10)12(8-3-4-8)9-5-6-9/h8-10,12H,2-7H2,1H3,(H,14,17). The van der Waals surface area contributed by atoms with Crippen LogP contribution in [-0.2, 0) is 9.59 Å². The summed E-state index contributed by atoms with van der Waals surface area (Å²) in [4.78, 5) is 25.9. The number of piperazine rings is 1. The zero-order chi connectivity index (χ0) is 12.0. The van der Waals surface area contributed by atoms with Gasteiger partial charge in [0, 0.05) is 6.04 Å². The van der Waals surface area contributed by atoms with Crippen molar-refractivity contribution in [1.82, 2.24) is 10.2 Å². The number of hydrogen-bond acceptors (Lipinski definition) is 2. The summed E-state index contributed by atoms with van der Waals surface area (Å²) >= 11 is 0. The molecule has 1 heterocycles. The third-order valence-corrected chi connectivity index (χ3v) is 4.26. The van der Waals surface area contributed by atoms with Gasteiger partial charge in [0.2, 0.25) is 11.8 Å². The molecule has 0 aromatic rings. The minimum Gasteiger partial charge on any atom is -0.345 e. The summed E-state index contributed by atoms with van der Waals surface area (Å²) in [6, 6.07) is 0.140. The molecule has 0 radical (unpaired) electrons. The van der Waals surface area contributed by atoms with Gasteiger partial charge in [0.05, 0.1) is 6.54 Å². The van der Waals surface area contributed by atoms with Crippen LogP contribution < -0.4 is 5.32 Å². The first-order valence-corrected chi connectivity index (χ1v) is 6.81. The topological polar surface area (TPSA) is 49.4 Å². The Hall–Kier alpha value is -1.06. The highest BCUT2D eigenvalue weighted by Gasteiger charge is 2.49. The van der Waals surface area contributed by atoms with Gasteiger partial charge in [0.15, 0.2) is 0 Å². The lowest BCUT2D eigenvalue weighted by Crippen LogP contribution is -2.62. The molecule has 1 saturated heterocycles. The van der Waals surface area contributed by atoms with Gasteiger partial charge in [-0.05, 0) is 43.9 Å². The Labute approximate surface area is 102 Å². The summed E-state index contributed by atoms with van der Waals surface area (Å²) < 4.78 is 0. The highest BCUT2D eigenvalue weighted by Crippen LogP contribution is 2.48. The van der Waals surface area contributed by atoms with Crippen molar-refractivity contribution >= 4 is 11.8 Å². The van der Waals surface area contributed by atoms with Crippen LogP contribution >= 0.6 is 0 Å². The van der Waals surface area contributed by atoms with E-state index in [1.54, 1.807) is 0 Å². The Morgan fingerprint density at radius 1 is 1.24 bits per heavy atom. The second-order valence-corrected chi connectivity index (χ2v) is 5.61. The normalized spacial score (nSPS) is 29.8. The van der Waals surface area contributed by atoms with E-state index in [1.165, 1.54) is 25.7 Å². The summed E-state index contributed by atoms with van der Waals surface area (Å²) in [6.45, 7) is 2.19. The van der Waals surface area contributed by atoms with E-state index in [2.05, 4.69) is 5.32 Å². The van der Waals surface area contributed by atoms with Crippen molar-refractivity contribution in [2.24, 2.45) is 11.8 Å². The number of carbonyl (C=O) groups excluding carboxylic acids is 2. The predicted molar refractivity (Wildman–Crippen MR) is 63.2 cm³/mol. The fraction of sp³-hybridized carbons (Fsp3) is 0.846. The maximum absolute atomic E-state index is 12.1. The number of rotatable bonds is 4. The van der Waals surface area contributed by atoms with Crippen LogP contribution in [-0.4, -0.2) is 35.3 Å². The zero-order valence-electron chi connectivity index (χ0n) is 10.3. The fourth-order valence-electron chi connectivity index (χ4n) is 3.14. The minimum absolute atomic E-state index is 0.0402. The van der Waals surface area contributed by atoms with Gasteiger partial charge in [0.1, 0.15) is 6.04 Å². The van der Waals surface area contributed by atoms with Gasteiger partial charge in [0.25, 0.3) is 0 Å². The van der Waals surface area contributed by atoms with Gasteiger partial charge in [-0.25, -0.2) is 0 Å². The van der Waals surface area contributed by atoms with Crippen molar-refractivity contribution in [3.05, 3.63) is 0 Å². The van der Waals surface area contributed by atoms with Crippen molar-refractivity contribution in [1.29, 1.82) is 0 Å². The largest absolute Gasteiger partial charge is 0.345 e. The van der Waals surface area contributed by atoms with E-state index < -0.39 is 0 Å². The first-order valence-electron chi connectivity index (χ1n) is 6.81. The molecule has 1 aliphatic heterocycles. The Balaban J connectivity index is 1.84. The molecule has 17 heavy (non-hydrogen) atoms. The summed E-state index contributed by atoms with van der Waals surface area (Å²) in [6.07, 6.45) is 5.69. The third-order valence-electron chi connectivity index (χ3n) is 4.26. The molecule has 94 valence electrons. The zero-order valence-corrected chi connectivity index (χ0v) is 10.3. The molecule has 3 fully saturated rings. The van der Waals surface area contributed by atoms with Gasteiger partial charge in [-0.2, -0.15) is 0 Å². The van der Waals surface area contributed by atoms with Crippen LogP contribution in [0.2, 0.25) is 0 Å². The van der Waals surface area contributed by atoms with E-state index in [9.17, 15) is 9.59 Å². The molecule has 0 bridgehead atoms.